The summed E-state index contributed by atoms with van der Waals surface area (Å²) in [5.74, 6) is 0. The summed E-state index contributed by atoms with van der Waals surface area (Å²) in [5, 5.41) is 10.6. The molecule has 5 heteroatoms. The van der Waals surface area contributed by atoms with E-state index in [1.807, 2.05) is 25.3 Å². The van der Waals surface area contributed by atoms with E-state index in [1.165, 1.54) is 10.9 Å². The monoisotopic (exact) mass is 300 g/mol. The van der Waals surface area contributed by atoms with Crippen LogP contribution in [0.4, 0.5) is 4.79 Å². The van der Waals surface area contributed by atoms with Crippen molar-refractivity contribution < 1.29 is 4.79 Å². The van der Waals surface area contributed by atoms with E-state index in [4.69, 9.17) is 0 Å². The van der Waals surface area contributed by atoms with Gasteiger partial charge in [0.15, 0.2) is 0 Å². The zero-order valence-electron chi connectivity index (χ0n) is 13.0. The van der Waals surface area contributed by atoms with Crippen LogP contribution in [-0.4, -0.2) is 36.2 Å². The third kappa shape index (κ3) is 3.60. The van der Waals surface area contributed by atoms with E-state index in [0.717, 1.165) is 37.9 Å². The smallest absolute Gasteiger partial charge is 0.315 e. The summed E-state index contributed by atoms with van der Waals surface area (Å²) in [6, 6.07) is 8.52. The molecular weight excluding hydrogens is 276 g/mol. The molecule has 1 aromatic carbocycles. The predicted molar refractivity (Wildman–Crippen MR) is 89.0 cm³/mol. The van der Waals surface area contributed by atoms with Crippen molar-refractivity contribution in [2.75, 3.05) is 13.1 Å². The number of aromatic nitrogens is 1. The van der Waals surface area contributed by atoms with E-state index in [9.17, 15) is 4.79 Å². The topological polar surface area (TPSA) is 69.0 Å². The first-order valence-corrected chi connectivity index (χ1v) is 8.05. The molecule has 1 aromatic heterocycles. The first kappa shape index (κ1) is 14.9. The molecule has 1 aliphatic heterocycles. The van der Waals surface area contributed by atoms with E-state index in [0.29, 0.717) is 0 Å². The summed E-state index contributed by atoms with van der Waals surface area (Å²) >= 11 is 0. The molecule has 4 N–H and O–H groups in total. The van der Waals surface area contributed by atoms with Crippen molar-refractivity contribution in [2.45, 2.75) is 38.3 Å². The largest absolute Gasteiger partial charge is 0.361 e. The summed E-state index contributed by atoms with van der Waals surface area (Å²) < 4.78 is 0. The van der Waals surface area contributed by atoms with Crippen LogP contribution in [0.2, 0.25) is 0 Å². The van der Waals surface area contributed by atoms with Gasteiger partial charge in [0.2, 0.25) is 0 Å². The fourth-order valence-corrected chi connectivity index (χ4v) is 3.11. The Balaban J connectivity index is 1.53. The van der Waals surface area contributed by atoms with Gasteiger partial charge >= 0.3 is 6.03 Å². The minimum Gasteiger partial charge on any atom is -0.361 e. The number of fused-ring (bicyclic) bond motifs is 1. The van der Waals surface area contributed by atoms with E-state index in [-0.39, 0.29) is 18.1 Å². The van der Waals surface area contributed by atoms with Crippen molar-refractivity contribution in [1.82, 2.24) is 20.9 Å². The molecular formula is C17H24N4O. The van der Waals surface area contributed by atoms with Crippen LogP contribution in [0.25, 0.3) is 10.9 Å². The van der Waals surface area contributed by atoms with Gasteiger partial charge in [0.05, 0.1) is 0 Å². The molecule has 0 spiro atoms. The maximum Gasteiger partial charge on any atom is 0.315 e. The fraction of sp³-hybridized carbons (Fsp3) is 0.471. The van der Waals surface area contributed by atoms with E-state index >= 15 is 0 Å². The number of benzene rings is 1. The normalized spacial score (nSPS) is 19.8. The van der Waals surface area contributed by atoms with Crippen molar-refractivity contribution in [3.8, 4) is 0 Å². The first-order chi connectivity index (χ1) is 10.7. The number of urea groups is 1. The number of hydrogen-bond donors (Lipinski definition) is 4. The fourth-order valence-electron chi connectivity index (χ4n) is 3.11. The number of aromatic amines is 1. The number of amides is 2. The number of rotatable bonds is 4. The van der Waals surface area contributed by atoms with Crippen molar-refractivity contribution >= 4 is 16.9 Å². The van der Waals surface area contributed by atoms with Crippen LogP contribution in [0, 0.1) is 0 Å². The Bertz CT molecular complexity index is 630. The van der Waals surface area contributed by atoms with Crippen LogP contribution in [-0.2, 0) is 6.42 Å². The van der Waals surface area contributed by atoms with Gasteiger partial charge in [-0.2, -0.15) is 0 Å². The Labute approximate surface area is 130 Å². The lowest BCUT2D eigenvalue weighted by Gasteiger charge is -2.25. The second kappa shape index (κ2) is 6.83. The Hall–Kier alpha value is -2.01. The molecule has 0 bridgehead atoms. The molecule has 0 radical (unpaired) electrons. The molecule has 0 saturated carbocycles. The molecule has 2 amide bonds. The van der Waals surface area contributed by atoms with Gasteiger partial charge in [0.25, 0.3) is 0 Å². The highest BCUT2D eigenvalue weighted by Crippen LogP contribution is 2.18. The minimum absolute atomic E-state index is 0.0685. The van der Waals surface area contributed by atoms with Crippen LogP contribution in [0.5, 0.6) is 0 Å². The zero-order chi connectivity index (χ0) is 15.4. The second-order valence-corrected chi connectivity index (χ2v) is 6.13. The van der Waals surface area contributed by atoms with Crippen LogP contribution in [0.1, 0.15) is 25.3 Å². The number of carbonyl (C=O) groups excluding carboxylic acids is 1. The Morgan fingerprint density at radius 1 is 1.41 bits per heavy atom. The van der Waals surface area contributed by atoms with E-state index in [2.05, 4.69) is 33.1 Å². The highest BCUT2D eigenvalue weighted by molar-refractivity contribution is 5.83. The van der Waals surface area contributed by atoms with Gasteiger partial charge < -0.3 is 20.9 Å². The number of H-pyrrole nitrogens is 1. The summed E-state index contributed by atoms with van der Waals surface area (Å²) in [6.45, 7) is 3.96. The number of para-hydroxylation sites is 1. The average molecular weight is 300 g/mol. The predicted octanol–water partition coefficient (Wildman–Crippen LogP) is 2.15. The quantitative estimate of drug-likeness (QED) is 0.699. The molecule has 1 fully saturated rings. The molecule has 2 heterocycles. The lowest BCUT2D eigenvalue weighted by atomic mass is 10.1. The first-order valence-electron chi connectivity index (χ1n) is 8.05. The van der Waals surface area contributed by atoms with E-state index < -0.39 is 0 Å². The Kier molecular flexibility index (Phi) is 4.63. The molecule has 5 nitrogen and oxygen atoms in total. The molecule has 3 rings (SSSR count). The second-order valence-electron chi connectivity index (χ2n) is 6.13. The number of piperidine rings is 1. The molecule has 2 aromatic rings. The summed E-state index contributed by atoms with van der Waals surface area (Å²) in [4.78, 5) is 15.3. The molecule has 22 heavy (non-hydrogen) atoms. The van der Waals surface area contributed by atoms with Crippen LogP contribution >= 0.6 is 0 Å². The number of hydrogen-bond acceptors (Lipinski definition) is 2. The van der Waals surface area contributed by atoms with Gasteiger partial charge in [-0.3, -0.25) is 0 Å². The van der Waals surface area contributed by atoms with Crippen LogP contribution in [0.3, 0.4) is 0 Å². The van der Waals surface area contributed by atoms with E-state index in [1.54, 1.807) is 0 Å². The zero-order valence-corrected chi connectivity index (χ0v) is 13.0. The number of carbonyl (C=O) groups is 1. The maximum atomic E-state index is 12.1. The minimum atomic E-state index is -0.0685. The highest BCUT2D eigenvalue weighted by Gasteiger charge is 2.16. The standard InChI is InChI=1S/C17H24N4O/c1-12(20-17(22)21-14-5-4-8-18-11-14)9-13-10-19-16-7-3-2-6-15(13)16/h2-3,6-7,10,12,14,18-19H,4-5,8-9,11H2,1H3,(H2,20,21,22). The lowest BCUT2D eigenvalue weighted by molar-refractivity contribution is 0.230. The van der Waals surface area contributed by atoms with Crippen molar-refractivity contribution in [3.63, 3.8) is 0 Å². The van der Waals surface area contributed by atoms with Crippen molar-refractivity contribution in [3.05, 3.63) is 36.0 Å². The Morgan fingerprint density at radius 2 is 2.27 bits per heavy atom. The number of nitrogens with one attached hydrogen (secondary N) is 4. The third-order valence-electron chi connectivity index (χ3n) is 4.21. The molecule has 2 unspecified atom stereocenters. The molecule has 1 saturated heterocycles. The summed E-state index contributed by atoms with van der Waals surface area (Å²) in [7, 11) is 0. The summed E-state index contributed by atoms with van der Waals surface area (Å²) in [5.41, 5.74) is 2.38. The van der Waals surface area contributed by atoms with Crippen molar-refractivity contribution in [2.24, 2.45) is 0 Å². The lowest BCUT2D eigenvalue weighted by Crippen LogP contribution is -2.51. The SMILES string of the molecule is CC(Cc1c[nH]c2ccccc12)NC(=O)NC1CCCNC1. The van der Waals surface area contributed by atoms with Crippen LogP contribution < -0.4 is 16.0 Å². The van der Waals surface area contributed by atoms with Gasteiger partial charge in [-0.1, -0.05) is 18.2 Å². The molecule has 0 aliphatic carbocycles. The molecule has 118 valence electrons. The Morgan fingerprint density at radius 3 is 3.09 bits per heavy atom. The van der Waals surface area contributed by atoms with Crippen LogP contribution in [0.15, 0.2) is 30.5 Å². The van der Waals surface area contributed by atoms with Gasteiger partial charge in [-0.25, -0.2) is 4.79 Å². The van der Waals surface area contributed by atoms with Gasteiger partial charge in [-0.05, 0) is 44.4 Å². The molecule has 2 atom stereocenters. The van der Waals surface area contributed by atoms with Gasteiger partial charge in [0, 0.05) is 35.7 Å². The maximum absolute atomic E-state index is 12.1. The van der Waals surface area contributed by atoms with Gasteiger partial charge in [-0.15, -0.1) is 0 Å². The van der Waals surface area contributed by atoms with Crippen molar-refractivity contribution in [1.29, 1.82) is 0 Å². The summed E-state index contributed by atoms with van der Waals surface area (Å²) in [6.07, 6.45) is 5.03. The van der Waals surface area contributed by atoms with Gasteiger partial charge in [0.1, 0.15) is 0 Å². The highest BCUT2D eigenvalue weighted by atomic mass is 16.2. The molecule has 1 aliphatic rings. The average Bonchev–Trinajstić information content (AvgIpc) is 2.91. The third-order valence-corrected chi connectivity index (χ3v) is 4.21.